The number of rotatable bonds is 16. The predicted octanol–water partition coefficient (Wildman–Crippen LogP) is -2.56. The number of hydrogen-bond donors (Lipinski definition) is 12. The lowest BCUT2D eigenvalue weighted by Gasteiger charge is -2.24. The molecular weight excluding hydrogens is 480 g/mol. The predicted molar refractivity (Wildman–Crippen MR) is 136 cm³/mol. The molecule has 0 radical (unpaired) electrons. The molecule has 0 spiro atoms. The summed E-state index contributed by atoms with van der Waals surface area (Å²) in [4.78, 5) is 0. The zero-order chi connectivity index (χ0) is 29.3. The second kappa shape index (κ2) is 24.8. The van der Waals surface area contributed by atoms with Gasteiger partial charge in [-0.05, 0) is 25.7 Å². The third-order valence-electron chi connectivity index (χ3n) is 7.02. The van der Waals surface area contributed by atoms with Crippen molar-refractivity contribution in [3.8, 4) is 0 Å². The monoisotopic (exact) mass is 536 g/mol. The molecule has 0 aromatic rings. The van der Waals surface area contributed by atoms with Crippen LogP contribution in [0.25, 0.3) is 0 Å². The Hall–Kier alpha value is -0.480. The zero-order valence-electron chi connectivity index (χ0n) is 22.7. The molecular formula is C24H56O12. The van der Waals surface area contributed by atoms with E-state index in [2.05, 4.69) is 0 Å². The fourth-order valence-electron chi connectivity index (χ4n) is 1.94. The van der Waals surface area contributed by atoms with Gasteiger partial charge >= 0.3 is 0 Å². The van der Waals surface area contributed by atoms with Crippen molar-refractivity contribution in [2.75, 3.05) is 79.3 Å². The van der Waals surface area contributed by atoms with E-state index in [9.17, 15) is 0 Å². The van der Waals surface area contributed by atoms with Crippen molar-refractivity contribution >= 4 is 0 Å². The molecule has 0 aromatic carbocycles. The van der Waals surface area contributed by atoms with Crippen LogP contribution in [0.4, 0.5) is 0 Å². The molecule has 0 rings (SSSR count). The minimum atomic E-state index is -0.667. The average Bonchev–Trinajstić information content (AvgIpc) is 2.96. The molecule has 12 N–H and O–H groups in total. The Morgan fingerprint density at radius 3 is 0.333 bits per heavy atom. The largest absolute Gasteiger partial charge is 0.396 e. The van der Waals surface area contributed by atoms with Gasteiger partial charge in [0, 0.05) is 21.7 Å². The smallest absolute Gasteiger partial charge is 0.0531 e. The van der Waals surface area contributed by atoms with E-state index in [-0.39, 0.29) is 79.3 Å². The molecule has 0 heterocycles. The number of hydrogen-bond acceptors (Lipinski definition) is 12. The quantitative estimate of drug-likeness (QED) is 0.0974. The Morgan fingerprint density at radius 2 is 0.333 bits per heavy atom. The van der Waals surface area contributed by atoms with Gasteiger partial charge in [0.1, 0.15) is 0 Å². The Morgan fingerprint density at radius 1 is 0.250 bits per heavy atom. The van der Waals surface area contributed by atoms with Gasteiger partial charge in [0.25, 0.3) is 0 Å². The van der Waals surface area contributed by atoms with Crippen LogP contribution in [0.2, 0.25) is 0 Å². The van der Waals surface area contributed by atoms with Crippen molar-refractivity contribution in [2.24, 2.45) is 21.7 Å². The van der Waals surface area contributed by atoms with E-state index >= 15 is 0 Å². The summed E-state index contributed by atoms with van der Waals surface area (Å²) in [6.45, 7) is 5.41. The minimum Gasteiger partial charge on any atom is -0.396 e. The third kappa shape index (κ3) is 15.7. The summed E-state index contributed by atoms with van der Waals surface area (Å²) in [5.41, 5.74) is -2.67. The standard InChI is InChI=1S/4C6H14O3/c4*1-2-6(3-7,4-8)5-9/h4*7-9H,2-5H2,1H3. The molecule has 0 unspecified atom stereocenters. The molecule has 0 saturated carbocycles. The van der Waals surface area contributed by atoms with Gasteiger partial charge in [-0.3, -0.25) is 0 Å². The van der Waals surface area contributed by atoms with Crippen molar-refractivity contribution in [2.45, 2.75) is 53.4 Å². The van der Waals surface area contributed by atoms with E-state index in [1.54, 1.807) is 0 Å². The lowest BCUT2D eigenvalue weighted by Crippen LogP contribution is -2.32. The molecule has 36 heavy (non-hydrogen) atoms. The summed E-state index contributed by atoms with van der Waals surface area (Å²) in [6, 6.07) is 0. The highest BCUT2D eigenvalue weighted by atomic mass is 16.3. The maximum Gasteiger partial charge on any atom is 0.0531 e. The lowest BCUT2D eigenvalue weighted by atomic mass is 9.88. The molecule has 0 amide bonds. The maximum absolute atomic E-state index is 8.66. The number of aliphatic hydroxyl groups is 12. The van der Waals surface area contributed by atoms with Gasteiger partial charge in [0.05, 0.1) is 79.3 Å². The van der Waals surface area contributed by atoms with Crippen molar-refractivity contribution in [1.29, 1.82) is 0 Å². The Labute approximate surface area is 216 Å². The summed E-state index contributed by atoms with van der Waals surface area (Å²) < 4.78 is 0. The van der Waals surface area contributed by atoms with E-state index in [1.807, 2.05) is 27.7 Å². The van der Waals surface area contributed by atoms with E-state index in [0.29, 0.717) is 25.7 Å². The molecule has 0 bridgehead atoms. The summed E-state index contributed by atoms with van der Waals surface area (Å²) in [5.74, 6) is 0. The Kier molecular flexibility index (Phi) is 29.4. The maximum atomic E-state index is 8.66. The highest BCUT2D eigenvalue weighted by Crippen LogP contribution is 2.20. The van der Waals surface area contributed by atoms with Crippen LogP contribution < -0.4 is 0 Å². The van der Waals surface area contributed by atoms with Crippen LogP contribution in [0, 0.1) is 21.7 Å². The van der Waals surface area contributed by atoms with Gasteiger partial charge in [0.15, 0.2) is 0 Å². The summed E-state index contributed by atoms with van der Waals surface area (Å²) in [5, 5.41) is 104. The third-order valence-corrected chi connectivity index (χ3v) is 7.02. The normalized spacial score (nSPS) is 12.0. The SMILES string of the molecule is CCC(CO)(CO)CO.CCC(CO)(CO)CO.CCC(CO)(CO)CO.CCC(CO)(CO)CO. The average molecular weight is 537 g/mol. The van der Waals surface area contributed by atoms with Crippen LogP contribution in [0.1, 0.15) is 53.4 Å². The molecule has 0 aromatic heterocycles. The van der Waals surface area contributed by atoms with Crippen molar-refractivity contribution < 1.29 is 61.3 Å². The molecule has 224 valence electrons. The Bertz CT molecular complexity index is 285. The van der Waals surface area contributed by atoms with Gasteiger partial charge in [-0.2, -0.15) is 0 Å². The molecule has 0 atom stereocenters. The van der Waals surface area contributed by atoms with E-state index in [0.717, 1.165) is 0 Å². The summed E-state index contributed by atoms with van der Waals surface area (Å²) in [7, 11) is 0. The highest BCUT2D eigenvalue weighted by molar-refractivity contribution is 4.76. The fraction of sp³-hybridized carbons (Fsp3) is 1.00. The first kappa shape index (κ1) is 42.6. The van der Waals surface area contributed by atoms with Crippen LogP contribution in [-0.2, 0) is 0 Å². The fourth-order valence-corrected chi connectivity index (χ4v) is 1.94. The van der Waals surface area contributed by atoms with Gasteiger partial charge in [-0.1, -0.05) is 27.7 Å². The second-order valence-corrected chi connectivity index (χ2v) is 9.31. The van der Waals surface area contributed by atoms with Crippen LogP contribution in [-0.4, -0.2) is 141 Å². The second-order valence-electron chi connectivity index (χ2n) is 9.31. The van der Waals surface area contributed by atoms with Gasteiger partial charge in [-0.15, -0.1) is 0 Å². The van der Waals surface area contributed by atoms with Crippen molar-refractivity contribution in [3.05, 3.63) is 0 Å². The molecule has 0 aliphatic rings. The van der Waals surface area contributed by atoms with E-state index < -0.39 is 21.7 Å². The lowest BCUT2D eigenvalue weighted by molar-refractivity contribution is 0.00275. The summed E-state index contributed by atoms with van der Waals surface area (Å²) in [6.07, 6.45) is 2.38. The van der Waals surface area contributed by atoms with Gasteiger partial charge in [0.2, 0.25) is 0 Å². The van der Waals surface area contributed by atoms with Crippen molar-refractivity contribution in [1.82, 2.24) is 0 Å². The van der Waals surface area contributed by atoms with Gasteiger partial charge < -0.3 is 61.3 Å². The zero-order valence-corrected chi connectivity index (χ0v) is 22.7. The molecule has 0 aliphatic carbocycles. The van der Waals surface area contributed by atoms with Crippen LogP contribution in [0.3, 0.4) is 0 Å². The molecule has 12 heteroatoms. The number of aliphatic hydroxyl groups excluding tert-OH is 12. The molecule has 12 nitrogen and oxygen atoms in total. The van der Waals surface area contributed by atoms with Crippen LogP contribution >= 0.6 is 0 Å². The first-order valence-electron chi connectivity index (χ1n) is 12.3. The highest BCUT2D eigenvalue weighted by Gasteiger charge is 2.26. The van der Waals surface area contributed by atoms with Crippen LogP contribution in [0.5, 0.6) is 0 Å². The van der Waals surface area contributed by atoms with Crippen LogP contribution in [0.15, 0.2) is 0 Å². The first-order valence-corrected chi connectivity index (χ1v) is 12.3. The molecule has 0 fully saturated rings. The Balaban J connectivity index is -0.000000190. The van der Waals surface area contributed by atoms with E-state index in [4.69, 9.17) is 61.3 Å². The van der Waals surface area contributed by atoms with Gasteiger partial charge in [-0.25, -0.2) is 0 Å². The van der Waals surface area contributed by atoms with E-state index in [1.165, 1.54) is 0 Å². The first-order chi connectivity index (χ1) is 17.0. The minimum absolute atomic E-state index is 0.156. The topological polar surface area (TPSA) is 243 Å². The summed E-state index contributed by atoms with van der Waals surface area (Å²) >= 11 is 0. The molecule has 0 aliphatic heterocycles. The van der Waals surface area contributed by atoms with Crippen molar-refractivity contribution in [3.63, 3.8) is 0 Å². The molecule has 0 saturated heterocycles.